The van der Waals surface area contributed by atoms with Crippen molar-refractivity contribution in [2.75, 3.05) is 20.2 Å². The highest BCUT2D eigenvalue weighted by Gasteiger charge is 2.12. The summed E-state index contributed by atoms with van der Waals surface area (Å²) in [5.74, 6) is 0.971. The van der Waals surface area contributed by atoms with Crippen LogP contribution in [-0.4, -0.2) is 31.1 Å². The predicted molar refractivity (Wildman–Crippen MR) is 76.9 cm³/mol. The fraction of sp³-hybridized carbons (Fsp3) is 0.600. The largest absolute Gasteiger partial charge is 0.496 e. The van der Waals surface area contributed by atoms with E-state index >= 15 is 0 Å². The maximum atomic E-state index is 5.60. The standard InChI is InChI=1S/C15H26N2O/c1-12(2)17(9-5-8-16)11-14-10-13(3)6-7-15(14)18-4/h6-7,10,12H,5,8-9,11,16H2,1-4H3. The lowest BCUT2D eigenvalue weighted by molar-refractivity contribution is 0.209. The van der Waals surface area contributed by atoms with Gasteiger partial charge in [-0.25, -0.2) is 0 Å². The summed E-state index contributed by atoms with van der Waals surface area (Å²) in [4.78, 5) is 2.43. The molecule has 0 unspecified atom stereocenters. The zero-order valence-corrected chi connectivity index (χ0v) is 12.1. The number of nitrogens with zero attached hydrogens (tertiary/aromatic N) is 1. The number of hydrogen-bond acceptors (Lipinski definition) is 3. The second kappa shape index (κ2) is 7.39. The average molecular weight is 250 g/mol. The van der Waals surface area contributed by atoms with Gasteiger partial charge in [0.15, 0.2) is 0 Å². The molecule has 0 heterocycles. The maximum Gasteiger partial charge on any atom is 0.123 e. The third kappa shape index (κ3) is 4.31. The molecule has 0 radical (unpaired) electrons. The lowest BCUT2D eigenvalue weighted by Gasteiger charge is -2.27. The molecule has 3 heteroatoms. The zero-order valence-electron chi connectivity index (χ0n) is 12.1. The molecule has 0 saturated heterocycles. The number of rotatable bonds is 7. The topological polar surface area (TPSA) is 38.5 Å². The highest BCUT2D eigenvalue weighted by Crippen LogP contribution is 2.22. The van der Waals surface area contributed by atoms with Gasteiger partial charge in [0, 0.05) is 18.2 Å². The lowest BCUT2D eigenvalue weighted by Crippen LogP contribution is -2.32. The number of nitrogens with two attached hydrogens (primary N) is 1. The molecule has 1 aromatic carbocycles. The SMILES string of the molecule is COc1ccc(C)cc1CN(CCCN)C(C)C. The molecule has 1 aromatic rings. The smallest absolute Gasteiger partial charge is 0.123 e. The Morgan fingerprint density at radius 3 is 2.61 bits per heavy atom. The summed E-state index contributed by atoms with van der Waals surface area (Å²) in [5, 5.41) is 0. The molecule has 1 rings (SSSR count). The van der Waals surface area contributed by atoms with Crippen molar-refractivity contribution >= 4 is 0 Å². The highest BCUT2D eigenvalue weighted by atomic mass is 16.5. The summed E-state index contributed by atoms with van der Waals surface area (Å²) < 4.78 is 5.43. The van der Waals surface area contributed by atoms with Crippen molar-refractivity contribution in [1.29, 1.82) is 0 Å². The van der Waals surface area contributed by atoms with Gasteiger partial charge in [-0.05, 0) is 46.3 Å². The molecule has 0 amide bonds. The minimum atomic E-state index is 0.516. The minimum absolute atomic E-state index is 0.516. The van der Waals surface area contributed by atoms with Gasteiger partial charge in [-0.2, -0.15) is 0 Å². The molecule has 0 aliphatic heterocycles. The van der Waals surface area contributed by atoms with Crippen LogP contribution < -0.4 is 10.5 Å². The maximum absolute atomic E-state index is 5.60. The van der Waals surface area contributed by atoms with E-state index in [-0.39, 0.29) is 0 Å². The Balaban J connectivity index is 2.81. The number of hydrogen-bond donors (Lipinski definition) is 1. The third-order valence-electron chi connectivity index (χ3n) is 3.19. The van der Waals surface area contributed by atoms with Crippen molar-refractivity contribution in [3.05, 3.63) is 29.3 Å². The molecule has 0 aliphatic carbocycles. The first kappa shape index (κ1) is 15.0. The van der Waals surface area contributed by atoms with E-state index in [4.69, 9.17) is 10.5 Å². The summed E-state index contributed by atoms with van der Waals surface area (Å²) in [5.41, 5.74) is 8.12. The Hall–Kier alpha value is -1.06. The first-order valence-electron chi connectivity index (χ1n) is 6.66. The van der Waals surface area contributed by atoms with Gasteiger partial charge in [-0.15, -0.1) is 0 Å². The van der Waals surface area contributed by atoms with E-state index in [9.17, 15) is 0 Å². The van der Waals surface area contributed by atoms with Crippen LogP contribution in [0, 0.1) is 6.92 Å². The summed E-state index contributed by atoms with van der Waals surface area (Å²) in [6.07, 6.45) is 1.03. The second-order valence-electron chi connectivity index (χ2n) is 5.02. The fourth-order valence-corrected chi connectivity index (χ4v) is 2.06. The molecule has 0 bridgehead atoms. The number of aryl methyl sites for hydroxylation is 1. The molecule has 0 spiro atoms. The average Bonchev–Trinajstić information content (AvgIpc) is 2.34. The van der Waals surface area contributed by atoms with E-state index in [1.54, 1.807) is 7.11 Å². The first-order valence-corrected chi connectivity index (χ1v) is 6.66. The van der Waals surface area contributed by atoms with Crippen LogP contribution in [0.4, 0.5) is 0 Å². The first-order chi connectivity index (χ1) is 8.58. The summed E-state index contributed by atoms with van der Waals surface area (Å²) in [6, 6.07) is 6.85. The van der Waals surface area contributed by atoms with Gasteiger partial charge in [-0.3, -0.25) is 4.90 Å². The van der Waals surface area contributed by atoms with Crippen LogP contribution in [0.25, 0.3) is 0 Å². The summed E-state index contributed by atoms with van der Waals surface area (Å²) in [6.45, 7) is 9.25. The van der Waals surface area contributed by atoms with Crippen molar-refractivity contribution < 1.29 is 4.74 Å². The molecule has 0 fully saturated rings. The molecule has 3 nitrogen and oxygen atoms in total. The molecule has 2 N–H and O–H groups in total. The van der Waals surface area contributed by atoms with Crippen molar-refractivity contribution in [3.8, 4) is 5.75 Å². The van der Waals surface area contributed by atoms with Crippen LogP contribution in [0.2, 0.25) is 0 Å². The van der Waals surface area contributed by atoms with Gasteiger partial charge in [0.2, 0.25) is 0 Å². The summed E-state index contributed by atoms with van der Waals surface area (Å²) in [7, 11) is 1.73. The number of benzene rings is 1. The van der Waals surface area contributed by atoms with Crippen molar-refractivity contribution in [1.82, 2.24) is 4.90 Å². The molecule has 102 valence electrons. The Labute approximate surface area is 111 Å². The van der Waals surface area contributed by atoms with Crippen LogP contribution in [0.3, 0.4) is 0 Å². The Morgan fingerprint density at radius 2 is 2.06 bits per heavy atom. The van der Waals surface area contributed by atoms with Gasteiger partial charge in [0.1, 0.15) is 5.75 Å². The summed E-state index contributed by atoms with van der Waals surface area (Å²) >= 11 is 0. The van der Waals surface area contributed by atoms with E-state index < -0.39 is 0 Å². The predicted octanol–water partition coefficient (Wildman–Crippen LogP) is 2.56. The molecule has 18 heavy (non-hydrogen) atoms. The molecule has 0 aromatic heterocycles. The second-order valence-corrected chi connectivity index (χ2v) is 5.02. The third-order valence-corrected chi connectivity index (χ3v) is 3.19. The van der Waals surface area contributed by atoms with Crippen molar-refractivity contribution in [3.63, 3.8) is 0 Å². The molecule has 0 aliphatic rings. The van der Waals surface area contributed by atoms with Crippen LogP contribution in [0.5, 0.6) is 5.75 Å². The fourth-order valence-electron chi connectivity index (χ4n) is 2.06. The van der Waals surface area contributed by atoms with E-state index in [1.165, 1.54) is 11.1 Å². The van der Waals surface area contributed by atoms with Crippen LogP contribution in [-0.2, 0) is 6.54 Å². The molecule has 0 saturated carbocycles. The normalized spacial score (nSPS) is 11.3. The van der Waals surface area contributed by atoms with E-state index in [0.29, 0.717) is 6.04 Å². The van der Waals surface area contributed by atoms with Gasteiger partial charge >= 0.3 is 0 Å². The van der Waals surface area contributed by atoms with E-state index in [2.05, 4.69) is 37.8 Å². The number of ether oxygens (including phenoxy) is 1. The zero-order chi connectivity index (χ0) is 13.5. The van der Waals surface area contributed by atoms with Crippen LogP contribution in [0.1, 0.15) is 31.4 Å². The molecular weight excluding hydrogens is 224 g/mol. The molecule has 0 atom stereocenters. The molecular formula is C15H26N2O. The Bertz CT molecular complexity index is 364. The van der Waals surface area contributed by atoms with Gasteiger partial charge in [0.05, 0.1) is 7.11 Å². The van der Waals surface area contributed by atoms with Crippen molar-refractivity contribution in [2.45, 2.75) is 39.8 Å². The van der Waals surface area contributed by atoms with Gasteiger partial charge in [0.25, 0.3) is 0 Å². The lowest BCUT2D eigenvalue weighted by atomic mass is 10.1. The Kier molecular flexibility index (Phi) is 6.16. The highest BCUT2D eigenvalue weighted by molar-refractivity contribution is 5.36. The minimum Gasteiger partial charge on any atom is -0.496 e. The van der Waals surface area contributed by atoms with Gasteiger partial charge < -0.3 is 10.5 Å². The number of methoxy groups -OCH3 is 1. The van der Waals surface area contributed by atoms with E-state index in [0.717, 1.165) is 31.8 Å². The van der Waals surface area contributed by atoms with Gasteiger partial charge in [-0.1, -0.05) is 17.7 Å². The van der Waals surface area contributed by atoms with Crippen LogP contribution in [0.15, 0.2) is 18.2 Å². The Morgan fingerprint density at radius 1 is 1.33 bits per heavy atom. The van der Waals surface area contributed by atoms with E-state index in [1.807, 2.05) is 6.07 Å². The van der Waals surface area contributed by atoms with Crippen molar-refractivity contribution in [2.24, 2.45) is 5.73 Å². The monoisotopic (exact) mass is 250 g/mol. The van der Waals surface area contributed by atoms with Crippen LogP contribution >= 0.6 is 0 Å². The quantitative estimate of drug-likeness (QED) is 0.808.